The molecule has 0 saturated heterocycles. The molecule has 0 aliphatic carbocycles. The number of fused-ring (bicyclic) bond motifs is 2. The van der Waals surface area contributed by atoms with E-state index in [1.165, 1.54) is 26.6 Å². The summed E-state index contributed by atoms with van der Waals surface area (Å²) in [5.41, 5.74) is 4.66. The maximum atomic E-state index is 4.74. The fourth-order valence-electron chi connectivity index (χ4n) is 2.65. The first-order valence-electron chi connectivity index (χ1n) is 7.33. The molecule has 1 aromatic heterocycles. The van der Waals surface area contributed by atoms with Gasteiger partial charge in [0.2, 0.25) is 0 Å². The van der Waals surface area contributed by atoms with E-state index in [9.17, 15) is 0 Å². The van der Waals surface area contributed by atoms with Crippen LogP contribution in [-0.4, -0.2) is 4.98 Å². The average Bonchev–Trinajstić information content (AvgIpc) is 2.89. The molecule has 0 fully saturated rings. The van der Waals surface area contributed by atoms with E-state index in [4.69, 9.17) is 4.98 Å². The zero-order chi connectivity index (χ0) is 15.1. The summed E-state index contributed by atoms with van der Waals surface area (Å²) < 4.78 is 1.21. The molecule has 22 heavy (non-hydrogen) atoms. The highest BCUT2D eigenvalue weighted by atomic mass is 32.1. The van der Waals surface area contributed by atoms with Gasteiger partial charge >= 0.3 is 0 Å². The van der Waals surface area contributed by atoms with Gasteiger partial charge in [-0.2, -0.15) is 0 Å². The quantitative estimate of drug-likeness (QED) is 0.505. The molecule has 0 aliphatic rings. The first-order valence-corrected chi connectivity index (χ1v) is 8.14. The molecular formula is C19H16N2S. The van der Waals surface area contributed by atoms with Crippen LogP contribution in [0.25, 0.3) is 21.0 Å². The third-order valence-corrected chi connectivity index (χ3v) is 4.82. The van der Waals surface area contributed by atoms with E-state index >= 15 is 0 Å². The Balaban J connectivity index is 1.79. The minimum absolute atomic E-state index is 0.944. The first-order chi connectivity index (χ1) is 10.7. The minimum atomic E-state index is 0.944. The maximum absolute atomic E-state index is 4.74. The maximum Gasteiger partial charge on any atom is 0.188 e. The van der Waals surface area contributed by atoms with Crippen molar-refractivity contribution in [3.8, 4) is 0 Å². The van der Waals surface area contributed by atoms with Crippen molar-refractivity contribution in [3.05, 3.63) is 65.7 Å². The molecule has 0 spiro atoms. The Morgan fingerprint density at radius 1 is 0.909 bits per heavy atom. The van der Waals surface area contributed by atoms with Crippen LogP contribution in [0.1, 0.15) is 11.1 Å². The van der Waals surface area contributed by atoms with Gasteiger partial charge in [0, 0.05) is 5.69 Å². The van der Waals surface area contributed by atoms with Crippen molar-refractivity contribution in [2.24, 2.45) is 0 Å². The van der Waals surface area contributed by atoms with Gasteiger partial charge in [0.15, 0.2) is 5.13 Å². The number of anilines is 2. The molecule has 4 rings (SSSR count). The zero-order valence-corrected chi connectivity index (χ0v) is 13.4. The molecule has 0 radical (unpaired) electrons. The predicted molar refractivity (Wildman–Crippen MR) is 96.3 cm³/mol. The molecule has 0 aliphatic heterocycles. The monoisotopic (exact) mass is 304 g/mol. The van der Waals surface area contributed by atoms with Crippen LogP contribution >= 0.6 is 11.3 Å². The number of nitrogens with zero attached hydrogens (tertiary/aromatic N) is 1. The van der Waals surface area contributed by atoms with Gasteiger partial charge < -0.3 is 5.32 Å². The fourth-order valence-corrected chi connectivity index (χ4v) is 3.56. The second-order valence-electron chi connectivity index (χ2n) is 5.63. The third kappa shape index (κ3) is 2.34. The van der Waals surface area contributed by atoms with Gasteiger partial charge in [-0.3, -0.25) is 0 Å². The summed E-state index contributed by atoms with van der Waals surface area (Å²) in [4.78, 5) is 4.74. The van der Waals surface area contributed by atoms with Crippen molar-refractivity contribution >= 4 is 43.1 Å². The summed E-state index contributed by atoms with van der Waals surface area (Å²) in [7, 11) is 0. The predicted octanol–water partition coefficient (Wildman–Crippen LogP) is 5.81. The lowest BCUT2D eigenvalue weighted by molar-refractivity contribution is 1.36. The largest absolute Gasteiger partial charge is 0.331 e. The van der Waals surface area contributed by atoms with Gasteiger partial charge in [0.25, 0.3) is 0 Å². The highest BCUT2D eigenvalue weighted by molar-refractivity contribution is 7.22. The van der Waals surface area contributed by atoms with Gasteiger partial charge in [0.05, 0.1) is 10.2 Å². The second kappa shape index (κ2) is 5.11. The molecule has 108 valence electrons. The van der Waals surface area contributed by atoms with E-state index in [2.05, 4.69) is 73.8 Å². The SMILES string of the molecule is Cc1ccc(C)c(Nc2nc3cc4ccccc4cc3s2)c1. The third-order valence-electron chi connectivity index (χ3n) is 3.89. The second-order valence-corrected chi connectivity index (χ2v) is 6.66. The van der Waals surface area contributed by atoms with Crippen molar-refractivity contribution in [1.29, 1.82) is 0 Å². The standard InChI is InChI=1S/C19H16N2S/c1-12-7-8-13(2)16(9-12)20-19-21-17-10-14-5-3-4-6-15(14)11-18(17)22-19/h3-11H,1-2H3,(H,20,21). The topological polar surface area (TPSA) is 24.9 Å². The van der Waals surface area contributed by atoms with Crippen LogP contribution in [0.2, 0.25) is 0 Å². The normalized spacial score (nSPS) is 11.2. The van der Waals surface area contributed by atoms with Crippen LogP contribution < -0.4 is 5.32 Å². The minimum Gasteiger partial charge on any atom is -0.331 e. The lowest BCUT2D eigenvalue weighted by Crippen LogP contribution is -1.92. The summed E-state index contributed by atoms with van der Waals surface area (Å²) >= 11 is 1.70. The Morgan fingerprint density at radius 3 is 2.50 bits per heavy atom. The van der Waals surface area contributed by atoms with Crippen LogP contribution in [0, 0.1) is 13.8 Å². The Morgan fingerprint density at radius 2 is 1.68 bits per heavy atom. The van der Waals surface area contributed by atoms with Crippen LogP contribution in [0.3, 0.4) is 0 Å². The number of hydrogen-bond acceptors (Lipinski definition) is 3. The molecule has 1 heterocycles. The van der Waals surface area contributed by atoms with Gasteiger partial charge in [-0.25, -0.2) is 4.98 Å². The Bertz CT molecular complexity index is 933. The average molecular weight is 304 g/mol. The number of thiazole rings is 1. The summed E-state index contributed by atoms with van der Waals surface area (Å²) in [6.07, 6.45) is 0. The molecule has 3 aromatic carbocycles. The van der Waals surface area contributed by atoms with Crippen LogP contribution in [0.15, 0.2) is 54.6 Å². The summed E-state index contributed by atoms with van der Waals surface area (Å²) in [6.45, 7) is 4.22. The number of aryl methyl sites for hydroxylation is 2. The van der Waals surface area contributed by atoms with Gasteiger partial charge in [0.1, 0.15) is 0 Å². The Labute approximate surface area is 133 Å². The smallest absolute Gasteiger partial charge is 0.188 e. The van der Waals surface area contributed by atoms with Crippen LogP contribution in [-0.2, 0) is 0 Å². The number of hydrogen-bond donors (Lipinski definition) is 1. The van der Waals surface area contributed by atoms with E-state index in [0.717, 1.165) is 16.3 Å². The van der Waals surface area contributed by atoms with E-state index in [1.807, 2.05) is 0 Å². The molecule has 0 saturated carbocycles. The summed E-state index contributed by atoms with van der Waals surface area (Å²) in [6, 6.07) is 19.2. The van der Waals surface area contributed by atoms with Gasteiger partial charge in [-0.05, 0) is 53.9 Å². The molecular weight excluding hydrogens is 288 g/mol. The summed E-state index contributed by atoms with van der Waals surface area (Å²) in [5, 5.41) is 6.90. The zero-order valence-electron chi connectivity index (χ0n) is 12.6. The molecule has 4 aromatic rings. The van der Waals surface area contributed by atoms with Crippen molar-refractivity contribution in [1.82, 2.24) is 4.98 Å². The van der Waals surface area contributed by atoms with Crippen LogP contribution in [0.5, 0.6) is 0 Å². The fraction of sp³-hybridized carbons (Fsp3) is 0.105. The molecule has 0 amide bonds. The van der Waals surface area contributed by atoms with E-state index in [1.54, 1.807) is 11.3 Å². The van der Waals surface area contributed by atoms with Crippen LogP contribution in [0.4, 0.5) is 10.8 Å². The number of rotatable bonds is 2. The molecule has 3 heteroatoms. The number of nitrogens with one attached hydrogen (secondary N) is 1. The van der Waals surface area contributed by atoms with Crippen molar-refractivity contribution in [2.45, 2.75) is 13.8 Å². The van der Waals surface area contributed by atoms with Crippen molar-refractivity contribution < 1.29 is 0 Å². The Hall–Kier alpha value is -2.39. The number of benzene rings is 3. The van der Waals surface area contributed by atoms with E-state index < -0.39 is 0 Å². The lowest BCUT2D eigenvalue weighted by atomic mass is 10.1. The molecule has 2 nitrogen and oxygen atoms in total. The van der Waals surface area contributed by atoms with Gasteiger partial charge in [-0.15, -0.1) is 0 Å². The van der Waals surface area contributed by atoms with E-state index in [0.29, 0.717) is 0 Å². The van der Waals surface area contributed by atoms with E-state index in [-0.39, 0.29) is 0 Å². The molecule has 1 N–H and O–H groups in total. The highest BCUT2D eigenvalue weighted by Gasteiger charge is 2.07. The molecule has 0 unspecified atom stereocenters. The van der Waals surface area contributed by atoms with Crippen molar-refractivity contribution in [3.63, 3.8) is 0 Å². The Kier molecular flexibility index (Phi) is 3.09. The van der Waals surface area contributed by atoms with Crippen molar-refractivity contribution in [2.75, 3.05) is 5.32 Å². The van der Waals surface area contributed by atoms with Gasteiger partial charge in [-0.1, -0.05) is 47.7 Å². The molecule has 0 atom stereocenters. The number of aromatic nitrogens is 1. The first kappa shape index (κ1) is 13.3. The molecule has 0 bridgehead atoms. The highest BCUT2D eigenvalue weighted by Crippen LogP contribution is 2.32. The summed E-state index contributed by atoms with van der Waals surface area (Å²) in [5.74, 6) is 0. The lowest BCUT2D eigenvalue weighted by Gasteiger charge is -2.07.